The highest BCUT2D eigenvalue weighted by molar-refractivity contribution is 5.64. The molecule has 3 rings (SSSR count). The number of fused-ring (bicyclic) bond motifs is 1. The van der Waals surface area contributed by atoms with Crippen LogP contribution in [-0.4, -0.2) is 32.9 Å². The van der Waals surface area contributed by atoms with Crippen molar-refractivity contribution in [2.24, 2.45) is 0 Å². The summed E-state index contributed by atoms with van der Waals surface area (Å²) in [7, 11) is 0. The molecule has 6 nitrogen and oxygen atoms in total. The van der Waals surface area contributed by atoms with E-state index < -0.39 is 0 Å². The molecule has 1 unspecified atom stereocenters. The Bertz CT molecular complexity index is 499. The molecule has 3 N–H and O–H groups in total. The fourth-order valence-electron chi connectivity index (χ4n) is 2.18. The number of hydrogen-bond acceptors (Lipinski definition) is 5. The van der Waals surface area contributed by atoms with Crippen LogP contribution in [0, 0.1) is 0 Å². The van der Waals surface area contributed by atoms with Gasteiger partial charge >= 0.3 is 0 Å². The number of hydrogen-bond donors (Lipinski definition) is 2. The van der Waals surface area contributed by atoms with Crippen molar-refractivity contribution in [3.8, 4) is 0 Å². The van der Waals surface area contributed by atoms with Gasteiger partial charge in [0.25, 0.3) is 0 Å². The highest BCUT2D eigenvalue weighted by atomic mass is 15.3. The number of nitrogens with one attached hydrogen (secondary N) is 1. The van der Waals surface area contributed by atoms with Gasteiger partial charge in [-0.15, -0.1) is 10.2 Å². The molecule has 3 heterocycles. The van der Waals surface area contributed by atoms with Crippen LogP contribution >= 0.6 is 0 Å². The summed E-state index contributed by atoms with van der Waals surface area (Å²) in [6, 6.07) is 2.02. The summed E-state index contributed by atoms with van der Waals surface area (Å²) in [5.74, 6) is 0.915. The van der Waals surface area contributed by atoms with Crippen molar-refractivity contribution in [2.75, 3.05) is 18.8 Å². The van der Waals surface area contributed by atoms with Crippen molar-refractivity contribution in [1.29, 1.82) is 0 Å². The molecule has 0 aliphatic carbocycles. The van der Waals surface area contributed by atoms with E-state index in [9.17, 15) is 0 Å². The van der Waals surface area contributed by atoms with Crippen LogP contribution in [0.3, 0.4) is 0 Å². The number of nitrogens with two attached hydrogens (primary N) is 1. The van der Waals surface area contributed by atoms with Gasteiger partial charge in [0.2, 0.25) is 0 Å². The fourth-order valence-corrected chi connectivity index (χ4v) is 2.18. The average molecular weight is 218 g/mol. The Morgan fingerprint density at radius 1 is 1.50 bits per heavy atom. The summed E-state index contributed by atoms with van der Waals surface area (Å²) in [6.45, 7) is 2.10. The van der Waals surface area contributed by atoms with Crippen LogP contribution in [0.15, 0.2) is 12.4 Å². The van der Waals surface area contributed by atoms with Gasteiger partial charge in [0.1, 0.15) is 11.8 Å². The molecule has 1 atom stereocenters. The van der Waals surface area contributed by atoms with E-state index in [2.05, 4.69) is 20.6 Å². The van der Waals surface area contributed by atoms with Crippen molar-refractivity contribution in [3.63, 3.8) is 0 Å². The summed E-state index contributed by atoms with van der Waals surface area (Å²) in [4.78, 5) is 0. The lowest BCUT2D eigenvalue weighted by atomic mass is 9.96. The predicted molar refractivity (Wildman–Crippen MR) is 60.0 cm³/mol. The van der Waals surface area contributed by atoms with Crippen molar-refractivity contribution >= 4 is 11.3 Å². The Kier molecular flexibility index (Phi) is 2.21. The van der Waals surface area contributed by atoms with Gasteiger partial charge in [-0.3, -0.25) is 0 Å². The van der Waals surface area contributed by atoms with Gasteiger partial charge < -0.3 is 11.1 Å². The monoisotopic (exact) mass is 218 g/mol. The molecule has 84 valence electrons. The summed E-state index contributed by atoms with van der Waals surface area (Å²) in [6.07, 6.45) is 3.97. The third-order valence-corrected chi connectivity index (χ3v) is 3.06. The van der Waals surface area contributed by atoms with Gasteiger partial charge in [0.05, 0.1) is 5.69 Å². The van der Waals surface area contributed by atoms with Gasteiger partial charge in [0, 0.05) is 12.5 Å². The number of nitrogens with zero attached hydrogens (tertiary/aromatic N) is 4. The molecule has 0 spiro atoms. The molecule has 1 fully saturated rings. The molecule has 16 heavy (non-hydrogen) atoms. The Morgan fingerprint density at radius 2 is 2.44 bits per heavy atom. The molecule has 0 bridgehead atoms. The van der Waals surface area contributed by atoms with E-state index in [4.69, 9.17) is 5.73 Å². The first kappa shape index (κ1) is 9.53. The van der Waals surface area contributed by atoms with E-state index in [-0.39, 0.29) is 0 Å². The number of anilines is 1. The van der Waals surface area contributed by atoms with Crippen molar-refractivity contribution in [2.45, 2.75) is 18.8 Å². The molecule has 1 aliphatic rings. The van der Waals surface area contributed by atoms with Gasteiger partial charge in [-0.2, -0.15) is 5.10 Å². The van der Waals surface area contributed by atoms with E-state index in [1.54, 1.807) is 10.8 Å². The summed E-state index contributed by atoms with van der Waals surface area (Å²) in [5, 5.41) is 15.5. The number of nitrogen functional groups attached to an aromatic ring is 1. The standard InChI is InChI=1S/C10H14N6/c11-10-9-4-8(7-2-1-3-12-5-7)15-16(9)6-13-14-10/h4,6-7,12H,1-3,5H2,(H2,11,14). The second-order valence-electron chi connectivity index (χ2n) is 4.16. The van der Waals surface area contributed by atoms with E-state index in [0.717, 1.165) is 24.3 Å². The minimum atomic E-state index is 0.435. The summed E-state index contributed by atoms with van der Waals surface area (Å²) in [5.41, 5.74) is 7.67. The van der Waals surface area contributed by atoms with E-state index in [0.29, 0.717) is 11.7 Å². The van der Waals surface area contributed by atoms with E-state index in [1.165, 1.54) is 12.8 Å². The van der Waals surface area contributed by atoms with Crippen LogP contribution in [0.25, 0.3) is 5.52 Å². The quantitative estimate of drug-likeness (QED) is 0.713. The fraction of sp³-hybridized carbons (Fsp3) is 0.500. The third kappa shape index (κ3) is 1.51. The first-order valence-electron chi connectivity index (χ1n) is 5.52. The van der Waals surface area contributed by atoms with Crippen LogP contribution in [-0.2, 0) is 0 Å². The summed E-state index contributed by atoms with van der Waals surface area (Å²) < 4.78 is 1.70. The molecule has 2 aromatic rings. The Balaban J connectivity index is 2.01. The van der Waals surface area contributed by atoms with Gasteiger partial charge in [-0.1, -0.05) is 0 Å². The van der Waals surface area contributed by atoms with Gasteiger partial charge in [0.15, 0.2) is 5.82 Å². The largest absolute Gasteiger partial charge is 0.380 e. The minimum absolute atomic E-state index is 0.435. The highest BCUT2D eigenvalue weighted by Gasteiger charge is 2.18. The molecule has 0 amide bonds. The predicted octanol–water partition coefficient (Wildman–Crippen LogP) is 0.173. The SMILES string of the molecule is Nc1nncn2nc(C3CCCNC3)cc12. The lowest BCUT2D eigenvalue weighted by Crippen LogP contribution is -2.28. The molecule has 0 radical (unpaired) electrons. The Labute approximate surface area is 92.9 Å². The van der Waals surface area contributed by atoms with Crippen LogP contribution < -0.4 is 11.1 Å². The second kappa shape index (κ2) is 3.71. The topological polar surface area (TPSA) is 81.1 Å². The van der Waals surface area contributed by atoms with Gasteiger partial charge in [-0.05, 0) is 25.5 Å². The zero-order valence-electron chi connectivity index (χ0n) is 8.93. The van der Waals surface area contributed by atoms with Crippen LogP contribution in [0.5, 0.6) is 0 Å². The summed E-state index contributed by atoms with van der Waals surface area (Å²) >= 11 is 0. The number of aromatic nitrogens is 4. The zero-order valence-corrected chi connectivity index (χ0v) is 8.93. The average Bonchev–Trinajstić information content (AvgIpc) is 2.76. The van der Waals surface area contributed by atoms with Crippen molar-refractivity contribution in [1.82, 2.24) is 25.1 Å². The maximum atomic E-state index is 5.75. The molecule has 0 saturated carbocycles. The first-order chi connectivity index (χ1) is 7.84. The van der Waals surface area contributed by atoms with E-state index >= 15 is 0 Å². The smallest absolute Gasteiger partial charge is 0.172 e. The van der Waals surface area contributed by atoms with Crippen LogP contribution in [0.4, 0.5) is 5.82 Å². The van der Waals surface area contributed by atoms with E-state index in [1.807, 2.05) is 6.07 Å². The lowest BCUT2D eigenvalue weighted by Gasteiger charge is -2.20. The third-order valence-electron chi connectivity index (χ3n) is 3.06. The molecule has 6 heteroatoms. The minimum Gasteiger partial charge on any atom is -0.380 e. The van der Waals surface area contributed by atoms with Gasteiger partial charge in [-0.25, -0.2) is 4.52 Å². The number of rotatable bonds is 1. The maximum Gasteiger partial charge on any atom is 0.172 e. The van der Waals surface area contributed by atoms with Crippen LogP contribution in [0.2, 0.25) is 0 Å². The number of piperidine rings is 1. The molecular formula is C10H14N6. The van der Waals surface area contributed by atoms with Crippen molar-refractivity contribution in [3.05, 3.63) is 18.1 Å². The second-order valence-corrected chi connectivity index (χ2v) is 4.16. The highest BCUT2D eigenvalue weighted by Crippen LogP contribution is 2.23. The maximum absolute atomic E-state index is 5.75. The normalized spacial score (nSPS) is 21.4. The molecule has 1 saturated heterocycles. The molecule has 2 aromatic heterocycles. The Hall–Kier alpha value is -1.69. The Morgan fingerprint density at radius 3 is 3.19 bits per heavy atom. The first-order valence-corrected chi connectivity index (χ1v) is 5.52. The zero-order chi connectivity index (χ0) is 11.0. The molecular weight excluding hydrogens is 204 g/mol. The van der Waals surface area contributed by atoms with Crippen molar-refractivity contribution < 1.29 is 0 Å². The molecule has 1 aliphatic heterocycles. The molecule has 0 aromatic carbocycles. The lowest BCUT2D eigenvalue weighted by molar-refractivity contribution is 0.453. The van der Waals surface area contributed by atoms with Crippen LogP contribution in [0.1, 0.15) is 24.5 Å².